The summed E-state index contributed by atoms with van der Waals surface area (Å²) in [4.78, 5) is 15.4. The van der Waals surface area contributed by atoms with E-state index in [-0.39, 0.29) is 13.2 Å². The van der Waals surface area contributed by atoms with Crippen LogP contribution in [0.3, 0.4) is 0 Å². The number of aromatic nitrogens is 1. The van der Waals surface area contributed by atoms with E-state index in [9.17, 15) is 15.0 Å². The first-order valence-electron chi connectivity index (χ1n) is 9.77. The van der Waals surface area contributed by atoms with Crippen molar-refractivity contribution in [1.82, 2.24) is 10.3 Å². The molecule has 3 aromatic rings. The van der Waals surface area contributed by atoms with E-state index in [0.717, 1.165) is 27.7 Å². The van der Waals surface area contributed by atoms with Gasteiger partial charge in [0.2, 0.25) is 0 Å². The summed E-state index contributed by atoms with van der Waals surface area (Å²) in [5.74, 6) is 0. The first kappa shape index (κ1) is 20.9. The highest BCUT2D eigenvalue weighted by Crippen LogP contribution is 2.34. The number of aliphatic hydroxyl groups is 2. The van der Waals surface area contributed by atoms with Gasteiger partial charge in [0.05, 0.1) is 12.7 Å². The molecule has 2 aromatic carbocycles. The molecule has 0 saturated heterocycles. The lowest BCUT2D eigenvalue weighted by Crippen LogP contribution is -2.37. The van der Waals surface area contributed by atoms with Gasteiger partial charge >= 0.3 is 6.09 Å². The fourth-order valence-electron chi connectivity index (χ4n) is 3.47. The van der Waals surface area contributed by atoms with Gasteiger partial charge in [0.25, 0.3) is 0 Å². The minimum absolute atomic E-state index is 0.223. The normalized spacial score (nSPS) is 12.7. The third-order valence-electron chi connectivity index (χ3n) is 5.32. The molecule has 6 heteroatoms. The summed E-state index contributed by atoms with van der Waals surface area (Å²) >= 11 is 0. The Morgan fingerprint density at radius 2 is 1.83 bits per heavy atom. The number of para-hydroxylation sites is 1. The highest BCUT2D eigenvalue weighted by Gasteiger charge is 2.33. The van der Waals surface area contributed by atoms with Crippen molar-refractivity contribution in [3.63, 3.8) is 0 Å². The topological polar surface area (TPSA) is 94.6 Å². The molecule has 1 heterocycles. The van der Waals surface area contributed by atoms with E-state index in [0.29, 0.717) is 13.0 Å². The molecule has 0 bridgehead atoms. The first-order valence-corrected chi connectivity index (χ1v) is 9.77. The zero-order chi connectivity index (χ0) is 20.9. The summed E-state index contributed by atoms with van der Waals surface area (Å²) in [6.07, 6.45) is -0.801. The van der Waals surface area contributed by atoms with Crippen molar-refractivity contribution in [3.05, 3.63) is 71.4 Å². The third-order valence-corrected chi connectivity index (χ3v) is 5.32. The number of hydrogen-bond donors (Lipinski definition) is 4. The molecular formula is C23H28N2O4. The summed E-state index contributed by atoms with van der Waals surface area (Å²) in [7, 11) is 0. The van der Waals surface area contributed by atoms with Gasteiger partial charge in [0.15, 0.2) is 0 Å². The molecule has 0 spiro atoms. The fraction of sp³-hybridized carbons (Fsp3) is 0.348. The van der Waals surface area contributed by atoms with E-state index >= 15 is 0 Å². The molecule has 6 nitrogen and oxygen atoms in total. The first-order chi connectivity index (χ1) is 13.9. The van der Waals surface area contributed by atoms with Gasteiger partial charge in [-0.1, -0.05) is 62.4 Å². The fourth-order valence-corrected chi connectivity index (χ4v) is 3.47. The standard InChI is InChI=1S/C23H28N2O4/c1-23(2,20(27)14-26)21-18(17-10-6-7-11-19(17)25-21)12-13-24-22(28)29-15-16-8-4-3-5-9-16/h3-11,20,25-27H,12-15H2,1-2H3,(H,24,28). The van der Waals surface area contributed by atoms with Crippen LogP contribution in [-0.2, 0) is 23.2 Å². The van der Waals surface area contributed by atoms with E-state index in [2.05, 4.69) is 10.3 Å². The van der Waals surface area contributed by atoms with Crippen LogP contribution in [0.5, 0.6) is 0 Å². The molecular weight excluding hydrogens is 368 g/mol. The van der Waals surface area contributed by atoms with Crippen LogP contribution >= 0.6 is 0 Å². The van der Waals surface area contributed by atoms with Gasteiger partial charge in [-0.2, -0.15) is 0 Å². The Morgan fingerprint density at radius 3 is 2.55 bits per heavy atom. The Hall–Kier alpha value is -2.83. The molecule has 1 aromatic heterocycles. The SMILES string of the molecule is CC(C)(c1[nH]c2ccccc2c1CCNC(=O)OCc1ccccc1)C(O)CO. The monoisotopic (exact) mass is 396 g/mol. The molecule has 29 heavy (non-hydrogen) atoms. The number of nitrogens with one attached hydrogen (secondary N) is 2. The molecule has 0 saturated carbocycles. The van der Waals surface area contributed by atoms with Crippen LogP contribution in [0, 0.1) is 0 Å². The molecule has 0 aliphatic rings. The summed E-state index contributed by atoms with van der Waals surface area (Å²) in [5.41, 5.74) is 3.10. The molecule has 154 valence electrons. The Balaban J connectivity index is 1.69. The van der Waals surface area contributed by atoms with E-state index in [1.807, 2.05) is 68.4 Å². The Labute approximate surface area is 170 Å². The number of benzene rings is 2. The van der Waals surface area contributed by atoms with Gasteiger partial charge in [-0.25, -0.2) is 4.79 Å². The predicted octanol–water partition coefficient (Wildman–Crippen LogP) is 3.27. The average Bonchev–Trinajstić information content (AvgIpc) is 3.12. The molecule has 3 rings (SSSR count). The number of aromatic amines is 1. The van der Waals surface area contributed by atoms with Gasteiger partial charge in [0, 0.05) is 28.6 Å². The van der Waals surface area contributed by atoms with Crippen LogP contribution in [0.1, 0.15) is 30.7 Å². The number of rotatable bonds is 8. The molecule has 1 atom stereocenters. The molecule has 0 aliphatic heterocycles. The van der Waals surface area contributed by atoms with Crippen LogP contribution < -0.4 is 5.32 Å². The number of alkyl carbamates (subject to hydrolysis) is 1. The lowest BCUT2D eigenvalue weighted by molar-refractivity contribution is 0.0395. The highest BCUT2D eigenvalue weighted by atomic mass is 16.5. The summed E-state index contributed by atoms with van der Waals surface area (Å²) in [6.45, 7) is 4.08. The maximum absolute atomic E-state index is 12.0. The molecule has 0 radical (unpaired) electrons. The van der Waals surface area contributed by atoms with Gasteiger partial charge in [0.1, 0.15) is 6.61 Å². The van der Waals surface area contributed by atoms with Crippen molar-refractivity contribution in [2.24, 2.45) is 0 Å². The van der Waals surface area contributed by atoms with Crippen molar-refractivity contribution in [1.29, 1.82) is 0 Å². The molecule has 0 fully saturated rings. The van der Waals surface area contributed by atoms with Crippen molar-refractivity contribution in [3.8, 4) is 0 Å². The number of carbonyl (C=O) groups is 1. The third kappa shape index (κ3) is 4.78. The van der Waals surface area contributed by atoms with E-state index in [4.69, 9.17) is 4.74 Å². The second-order valence-corrected chi connectivity index (χ2v) is 7.68. The van der Waals surface area contributed by atoms with Crippen LogP contribution in [0.2, 0.25) is 0 Å². The van der Waals surface area contributed by atoms with Crippen molar-refractivity contribution in [2.75, 3.05) is 13.2 Å². The minimum Gasteiger partial charge on any atom is -0.445 e. The maximum atomic E-state index is 12.0. The Bertz CT molecular complexity index is 950. The van der Waals surface area contributed by atoms with Gasteiger partial charge in [-0.05, 0) is 23.6 Å². The van der Waals surface area contributed by atoms with Gasteiger partial charge in [-0.15, -0.1) is 0 Å². The summed E-state index contributed by atoms with van der Waals surface area (Å²) in [5, 5.41) is 23.6. The minimum atomic E-state index is -0.905. The van der Waals surface area contributed by atoms with Crippen LogP contribution in [0.4, 0.5) is 4.79 Å². The van der Waals surface area contributed by atoms with Crippen molar-refractivity contribution < 1.29 is 19.7 Å². The lowest BCUT2D eigenvalue weighted by atomic mass is 9.80. The van der Waals surface area contributed by atoms with Crippen LogP contribution in [0.25, 0.3) is 10.9 Å². The number of fused-ring (bicyclic) bond motifs is 1. The molecule has 1 unspecified atom stereocenters. The Kier molecular flexibility index (Phi) is 6.56. The maximum Gasteiger partial charge on any atom is 0.407 e. The van der Waals surface area contributed by atoms with Gasteiger partial charge in [-0.3, -0.25) is 0 Å². The predicted molar refractivity (Wildman–Crippen MR) is 113 cm³/mol. The Morgan fingerprint density at radius 1 is 1.14 bits per heavy atom. The average molecular weight is 396 g/mol. The van der Waals surface area contributed by atoms with Crippen LogP contribution in [0.15, 0.2) is 54.6 Å². The number of ether oxygens (including phenoxy) is 1. The van der Waals surface area contributed by atoms with E-state index in [1.165, 1.54) is 0 Å². The van der Waals surface area contributed by atoms with E-state index in [1.54, 1.807) is 0 Å². The number of carbonyl (C=O) groups excluding carboxylic acids is 1. The largest absolute Gasteiger partial charge is 0.445 e. The van der Waals surface area contributed by atoms with E-state index < -0.39 is 17.6 Å². The quantitative estimate of drug-likeness (QED) is 0.470. The second-order valence-electron chi connectivity index (χ2n) is 7.68. The second kappa shape index (κ2) is 9.11. The zero-order valence-corrected chi connectivity index (χ0v) is 16.8. The lowest BCUT2D eigenvalue weighted by Gasteiger charge is -2.30. The molecule has 1 amide bonds. The summed E-state index contributed by atoms with van der Waals surface area (Å²) in [6, 6.07) is 17.4. The van der Waals surface area contributed by atoms with Crippen molar-refractivity contribution >= 4 is 17.0 Å². The number of aliphatic hydroxyl groups excluding tert-OH is 2. The van der Waals surface area contributed by atoms with Crippen molar-refractivity contribution in [2.45, 2.75) is 38.4 Å². The number of H-pyrrole nitrogens is 1. The van der Waals surface area contributed by atoms with Gasteiger partial charge < -0.3 is 25.3 Å². The summed E-state index contributed by atoms with van der Waals surface area (Å²) < 4.78 is 5.26. The smallest absolute Gasteiger partial charge is 0.407 e. The molecule has 0 aliphatic carbocycles. The highest BCUT2D eigenvalue weighted by molar-refractivity contribution is 5.85. The molecule has 4 N–H and O–H groups in total. The number of amides is 1. The zero-order valence-electron chi connectivity index (χ0n) is 16.8. The number of hydrogen-bond acceptors (Lipinski definition) is 4. The van der Waals surface area contributed by atoms with Crippen LogP contribution in [-0.4, -0.2) is 40.5 Å².